The molecule has 2 fully saturated rings. The summed E-state index contributed by atoms with van der Waals surface area (Å²) in [5, 5.41) is 5.84. The van der Waals surface area contributed by atoms with Crippen molar-refractivity contribution in [3.63, 3.8) is 0 Å². The highest BCUT2D eigenvalue weighted by molar-refractivity contribution is 6.05. The monoisotopic (exact) mass is 504 g/mol. The number of likely N-dealkylation sites (tertiary alicyclic amines) is 1. The van der Waals surface area contributed by atoms with Crippen molar-refractivity contribution in [3.05, 3.63) is 53.1 Å². The molecule has 3 amide bonds. The molecule has 0 saturated carbocycles. The Kier molecular flexibility index (Phi) is 6.46. The molecule has 2 saturated heterocycles. The normalized spacial score (nSPS) is 23.6. The average Bonchev–Trinajstić information content (AvgIpc) is 3.23. The van der Waals surface area contributed by atoms with E-state index in [1.165, 1.54) is 18.4 Å². The van der Waals surface area contributed by atoms with Gasteiger partial charge in [-0.25, -0.2) is 0 Å². The number of carbonyl (C=O) groups excluding carboxylic acids is 3. The van der Waals surface area contributed by atoms with Gasteiger partial charge in [-0.3, -0.25) is 24.6 Å². The Morgan fingerprint density at radius 2 is 2.00 bits per heavy atom. The lowest BCUT2D eigenvalue weighted by molar-refractivity contribution is -0.136. The molecule has 9 heteroatoms. The predicted molar refractivity (Wildman–Crippen MR) is 136 cm³/mol. The fraction of sp³-hybridized carbons (Fsp3) is 0.464. The van der Waals surface area contributed by atoms with Crippen LogP contribution in [0.5, 0.6) is 11.5 Å². The minimum Gasteiger partial charge on any atom is -0.492 e. The number of para-hydroxylation sites is 1. The maximum Gasteiger partial charge on any atom is 0.255 e. The molecule has 2 aromatic carbocycles. The molecule has 2 aromatic rings. The van der Waals surface area contributed by atoms with Crippen molar-refractivity contribution in [2.45, 2.75) is 57.3 Å². The number of hydrogen-bond donors (Lipinski definition) is 2. The molecule has 6 rings (SSSR count). The molecule has 37 heavy (non-hydrogen) atoms. The van der Waals surface area contributed by atoms with Crippen molar-refractivity contribution in [1.82, 2.24) is 15.1 Å². The molecule has 2 atom stereocenters. The molecule has 0 radical (unpaired) electrons. The summed E-state index contributed by atoms with van der Waals surface area (Å²) in [5.41, 5.74) is 3.80. The summed E-state index contributed by atoms with van der Waals surface area (Å²) in [6, 6.07) is 11.5. The minimum atomic E-state index is -0.610. The van der Waals surface area contributed by atoms with E-state index in [1.54, 1.807) is 11.0 Å². The van der Waals surface area contributed by atoms with Gasteiger partial charge in [-0.05, 0) is 61.2 Å². The SMILES string of the molecule is O=C1CCC(N2Cc3cc(OC[C@H]4CCCCN4Cc4cccc5c4NCCO5)ccc3C2=O)C(=O)N1. The lowest BCUT2D eigenvalue weighted by Gasteiger charge is -2.36. The van der Waals surface area contributed by atoms with Gasteiger partial charge in [0.1, 0.15) is 30.8 Å². The molecule has 4 heterocycles. The first-order chi connectivity index (χ1) is 18.1. The smallest absolute Gasteiger partial charge is 0.255 e. The number of amides is 3. The Hall–Kier alpha value is -3.59. The van der Waals surface area contributed by atoms with E-state index in [9.17, 15) is 14.4 Å². The summed E-state index contributed by atoms with van der Waals surface area (Å²) < 4.78 is 12.1. The van der Waals surface area contributed by atoms with Crippen LogP contribution in [-0.4, -0.2) is 65.9 Å². The number of ether oxygens (including phenoxy) is 2. The highest BCUT2D eigenvalue weighted by Crippen LogP contribution is 2.34. The highest BCUT2D eigenvalue weighted by Gasteiger charge is 2.39. The lowest BCUT2D eigenvalue weighted by atomic mass is 10.0. The summed E-state index contributed by atoms with van der Waals surface area (Å²) in [7, 11) is 0. The summed E-state index contributed by atoms with van der Waals surface area (Å²) in [6.45, 7) is 4.29. The van der Waals surface area contributed by atoms with Crippen molar-refractivity contribution < 1.29 is 23.9 Å². The van der Waals surface area contributed by atoms with Gasteiger partial charge in [0, 0.05) is 37.7 Å². The topological polar surface area (TPSA) is 100 Å². The second-order valence-electron chi connectivity index (χ2n) is 10.2. The van der Waals surface area contributed by atoms with Gasteiger partial charge >= 0.3 is 0 Å². The van der Waals surface area contributed by atoms with Crippen molar-refractivity contribution >= 4 is 23.4 Å². The van der Waals surface area contributed by atoms with Gasteiger partial charge in [-0.15, -0.1) is 0 Å². The standard InChI is InChI=1S/C28H32N4O5/c33-25-10-9-23(27(34)30-25)32-16-19-14-21(7-8-22(19)28(32)35)37-17-20-5-1-2-12-31(20)15-18-4-3-6-24-26(18)29-11-13-36-24/h3-4,6-8,14,20,23,29H,1-2,5,9-13,15-17H2,(H,30,33,34)/t20-,23?/m1/s1. The van der Waals surface area contributed by atoms with E-state index in [1.807, 2.05) is 18.2 Å². The van der Waals surface area contributed by atoms with Crippen LogP contribution in [-0.2, 0) is 22.7 Å². The van der Waals surface area contributed by atoms with Gasteiger partial charge in [-0.1, -0.05) is 18.6 Å². The summed E-state index contributed by atoms with van der Waals surface area (Å²) in [4.78, 5) is 40.8. The number of nitrogens with zero attached hydrogens (tertiary/aromatic N) is 2. The number of nitrogens with one attached hydrogen (secondary N) is 2. The fourth-order valence-corrected chi connectivity index (χ4v) is 5.87. The van der Waals surface area contributed by atoms with Crippen LogP contribution < -0.4 is 20.1 Å². The fourth-order valence-electron chi connectivity index (χ4n) is 5.87. The number of carbonyl (C=O) groups is 3. The Balaban J connectivity index is 1.11. The van der Waals surface area contributed by atoms with Crippen LogP contribution in [0.25, 0.3) is 0 Å². The minimum absolute atomic E-state index is 0.168. The molecular weight excluding hydrogens is 472 g/mol. The van der Waals surface area contributed by atoms with E-state index >= 15 is 0 Å². The first-order valence-electron chi connectivity index (χ1n) is 13.2. The Bertz CT molecular complexity index is 1230. The van der Waals surface area contributed by atoms with Gasteiger partial charge in [0.05, 0.1) is 5.69 Å². The van der Waals surface area contributed by atoms with Gasteiger partial charge < -0.3 is 19.7 Å². The van der Waals surface area contributed by atoms with Gasteiger partial charge in [0.25, 0.3) is 5.91 Å². The third-order valence-corrected chi connectivity index (χ3v) is 7.83. The predicted octanol–water partition coefficient (Wildman–Crippen LogP) is 2.69. The average molecular weight is 505 g/mol. The van der Waals surface area contributed by atoms with E-state index in [2.05, 4.69) is 27.7 Å². The van der Waals surface area contributed by atoms with Gasteiger partial charge in [-0.2, -0.15) is 0 Å². The molecule has 4 aliphatic rings. The third kappa shape index (κ3) is 4.75. The molecule has 0 bridgehead atoms. The number of anilines is 1. The number of benzene rings is 2. The van der Waals surface area contributed by atoms with Crippen molar-refractivity contribution in [1.29, 1.82) is 0 Å². The number of imide groups is 1. The van der Waals surface area contributed by atoms with Crippen molar-refractivity contribution in [2.24, 2.45) is 0 Å². The first-order valence-corrected chi connectivity index (χ1v) is 13.2. The molecule has 0 spiro atoms. The first kappa shape index (κ1) is 23.8. The number of piperidine rings is 2. The van der Waals surface area contributed by atoms with Crippen LogP contribution in [0.2, 0.25) is 0 Å². The van der Waals surface area contributed by atoms with E-state index in [4.69, 9.17) is 9.47 Å². The van der Waals surface area contributed by atoms with E-state index in [0.29, 0.717) is 37.8 Å². The second kappa shape index (κ2) is 10.0. The summed E-state index contributed by atoms with van der Waals surface area (Å²) >= 11 is 0. The van der Waals surface area contributed by atoms with Crippen molar-refractivity contribution in [3.8, 4) is 11.5 Å². The zero-order valence-electron chi connectivity index (χ0n) is 20.8. The number of rotatable bonds is 6. The Morgan fingerprint density at radius 1 is 1.08 bits per heavy atom. The highest BCUT2D eigenvalue weighted by atomic mass is 16.5. The zero-order chi connectivity index (χ0) is 25.4. The maximum absolute atomic E-state index is 13.0. The molecule has 0 aliphatic carbocycles. The molecule has 0 aromatic heterocycles. The van der Waals surface area contributed by atoms with E-state index < -0.39 is 11.9 Å². The Labute approximate surface area is 216 Å². The van der Waals surface area contributed by atoms with E-state index in [-0.39, 0.29) is 18.2 Å². The van der Waals surface area contributed by atoms with Crippen LogP contribution in [0.1, 0.15) is 53.6 Å². The Morgan fingerprint density at radius 3 is 2.89 bits per heavy atom. The van der Waals surface area contributed by atoms with Crippen LogP contribution in [0.15, 0.2) is 36.4 Å². The number of fused-ring (bicyclic) bond motifs is 2. The van der Waals surface area contributed by atoms with Crippen LogP contribution in [0.3, 0.4) is 0 Å². The van der Waals surface area contributed by atoms with E-state index in [0.717, 1.165) is 48.8 Å². The van der Waals surface area contributed by atoms with Crippen LogP contribution in [0, 0.1) is 0 Å². The quantitative estimate of drug-likeness (QED) is 0.584. The van der Waals surface area contributed by atoms with Crippen LogP contribution in [0.4, 0.5) is 5.69 Å². The third-order valence-electron chi connectivity index (χ3n) is 7.83. The van der Waals surface area contributed by atoms with Crippen LogP contribution >= 0.6 is 0 Å². The largest absolute Gasteiger partial charge is 0.492 e. The second-order valence-corrected chi connectivity index (χ2v) is 10.2. The molecule has 194 valence electrons. The molecule has 2 N–H and O–H groups in total. The van der Waals surface area contributed by atoms with Gasteiger partial charge in [0.2, 0.25) is 11.8 Å². The lowest BCUT2D eigenvalue weighted by Crippen LogP contribution is -2.52. The maximum atomic E-state index is 13.0. The molecular formula is C28H32N4O5. The van der Waals surface area contributed by atoms with Crippen molar-refractivity contribution in [2.75, 3.05) is 31.6 Å². The number of hydrogen-bond acceptors (Lipinski definition) is 7. The molecule has 9 nitrogen and oxygen atoms in total. The van der Waals surface area contributed by atoms with Gasteiger partial charge in [0.15, 0.2) is 0 Å². The zero-order valence-corrected chi connectivity index (χ0v) is 20.8. The summed E-state index contributed by atoms with van der Waals surface area (Å²) in [6.07, 6.45) is 4.03. The molecule has 4 aliphatic heterocycles. The molecule has 1 unspecified atom stereocenters. The summed E-state index contributed by atoms with van der Waals surface area (Å²) in [5.74, 6) is 0.808.